The molecular weight excluding hydrogens is 372 g/mol. The van der Waals surface area contributed by atoms with E-state index < -0.39 is 0 Å². The molecule has 1 aromatic carbocycles. The molecule has 1 fully saturated rings. The number of nitrogens with zero attached hydrogens (tertiary/aromatic N) is 1. The molecule has 118 valence electrons. The zero-order valence-electron chi connectivity index (χ0n) is 12.8. The maximum Gasteiger partial charge on any atom is 0.268 e. The van der Waals surface area contributed by atoms with E-state index in [2.05, 4.69) is 56.3 Å². The SMILES string of the molecule is Cc1ccccc1Cn1c(C(=O)NC2CC2)cc2scc(Br)c21. The fourth-order valence-electron chi connectivity index (χ4n) is 2.83. The number of hydrogen-bond donors (Lipinski definition) is 1. The lowest BCUT2D eigenvalue weighted by atomic mass is 10.1. The van der Waals surface area contributed by atoms with Crippen LogP contribution in [0.3, 0.4) is 0 Å². The number of fused-ring (bicyclic) bond motifs is 1. The molecule has 23 heavy (non-hydrogen) atoms. The predicted molar refractivity (Wildman–Crippen MR) is 98.3 cm³/mol. The molecule has 3 nitrogen and oxygen atoms in total. The maximum atomic E-state index is 12.6. The van der Waals surface area contributed by atoms with E-state index in [-0.39, 0.29) is 5.91 Å². The highest BCUT2D eigenvalue weighted by atomic mass is 79.9. The molecule has 0 aliphatic heterocycles. The summed E-state index contributed by atoms with van der Waals surface area (Å²) in [7, 11) is 0. The van der Waals surface area contributed by atoms with Gasteiger partial charge in [-0.3, -0.25) is 4.79 Å². The molecular formula is C18H17BrN2OS. The Morgan fingerprint density at radius 1 is 1.39 bits per heavy atom. The summed E-state index contributed by atoms with van der Waals surface area (Å²) in [5.74, 6) is 0.0383. The first-order valence-electron chi connectivity index (χ1n) is 7.75. The van der Waals surface area contributed by atoms with Gasteiger partial charge in [-0.1, -0.05) is 24.3 Å². The molecule has 1 saturated carbocycles. The first kappa shape index (κ1) is 15.0. The number of hydrogen-bond acceptors (Lipinski definition) is 2. The predicted octanol–water partition coefficient (Wildman–Crippen LogP) is 4.71. The second kappa shape index (κ2) is 5.80. The summed E-state index contributed by atoms with van der Waals surface area (Å²) in [4.78, 5) is 12.6. The molecule has 0 spiro atoms. The van der Waals surface area contributed by atoms with Crippen molar-refractivity contribution in [3.05, 3.63) is 57.0 Å². The van der Waals surface area contributed by atoms with Gasteiger partial charge in [-0.25, -0.2) is 0 Å². The van der Waals surface area contributed by atoms with Crippen LogP contribution in [0.1, 0.15) is 34.5 Å². The van der Waals surface area contributed by atoms with Gasteiger partial charge >= 0.3 is 0 Å². The number of benzene rings is 1. The molecule has 5 heteroatoms. The Balaban J connectivity index is 1.79. The lowest BCUT2D eigenvalue weighted by molar-refractivity contribution is 0.0942. The van der Waals surface area contributed by atoms with Gasteiger partial charge in [0.25, 0.3) is 5.91 Å². The van der Waals surface area contributed by atoms with Crippen LogP contribution in [0.4, 0.5) is 0 Å². The van der Waals surface area contributed by atoms with Crippen LogP contribution < -0.4 is 5.32 Å². The average molecular weight is 389 g/mol. The third-order valence-electron chi connectivity index (χ3n) is 4.31. The Morgan fingerprint density at radius 3 is 2.91 bits per heavy atom. The number of aromatic nitrogens is 1. The fourth-order valence-corrected chi connectivity index (χ4v) is 4.52. The lowest BCUT2D eigenvalue weighted by Gasteiger charge is -2.13. The number of carbonyl (C=O) groups excluding carboxylic acids is 1. The Kier molecular flexibility index (Phi) is 3.77. The molecule has 1 amide bonds. The van der Waals surface area contributed by atoms with Gasteiger partial charge in [-0.2, -0.15) is 0 Å². The van der Waals surface area contributed by atoms with Crippen LogP contribution in [0.15, 0.2) is 40.2 Å². The highest BCUT2D eigenvalue weighted by Gasteiger charge is 2.26. The van der Waals surface area contributed by atoms with E-state index in [9.17, 15) is 4.79 Å². The summed E-state index contributed by atoms with van der Waals surface area (Å²) in [6.45, 7) is 2.82. The highest BCUT2D eigenvalue weighted by Crippen LogP contribution is 2.34. The largest absolute Gasteiger partial charge is 0.348 e. The Bertz CT molecular complexity index is 892. The topological polar surface area (TPSA) is 34.0 Å². The number of rotatable bonds is 4. The van der Waals surface area contributed by atoms with Crippen LogP contribution in [0, 0.1) is 6.92 Å². The van der Waals surface area contributed by atoms with Crippen LogP contribution in [0.5, 0.6) is 0 Å². The van der Waals surface area contributed by atoms with E-state index in [0.717, 1.165) is 33.2 Å². The number of amides is 1. The molecule has 0 saturated heterocycles. The van der Waals surface area contributed by atoms with Crippen LogP contribution in [-0.2, 0) is 6.54 Å². The summed E-state index contributed by atoms with van der Waals surface area (Å²) >= 11 is 5.30. The summed E-state index contributed by atoms with van der Waals surface area (Å²) < 4.78 is 4.33. The van der Waals surface area contributed by atoms with Crippen LogP contribution in [0.25, 0.3) is 10.2 Å². The van der Waals surface area contributed by atoms with Crippen molar-refractivity contribution in [3.63, 3.8) is 0 Å². The van der Waals surface area contributed by atoms with E-state index >= 15 is 0 Å². The van der Waals surface area contributed by atoms with Gasteiger partial charge in [-0.05, 0) is 52.9 Å². The molecule has 0 unspecified atom stereocenters. The van der Waals surface area contributed by atoms with Gasteiger partial charge in [0.1, 0.15) is 5.69 Å². The van der Waals surface area contributed by atoms with Crippen molar-refractivity contribution in [2.75, 3.05) is 0 Å². The van der Waals surface area contributed by atoms with Crippen molar-refractivity contribution in [1.82, 2.24) is 9.88 Å². The van der Waals surface area contributed by atoms with Gasteiger partial charge in [0.2, 0.25) is 0 Å². The summed E-state index contributed by atoms with van der Waals surface area (Å²) in [6, 6.07) is 10.7. The fraction of sp³-hybridized carbons (Fsp3) is 0.278. The first-order valence-corrected chi connectivity index (χ1v) is 9.42. The van der Waals surface area contributed by atoms with E-state index in [4.69, 9.17) is 0 Å². The van der Waals surface area contributed by atoms with Crippen molar-refractivity contribution in [1.29, 1.82) is 0 Å². The number of nitrogens with one attached hydrogen (secondary N) is 1. The van der Waals surface area contributed by atoms with Crippen LogP contribution in [0.2, 0.25) is 0 Å². The van der Waals surface area contributed by atoms with Gasteiger partial charge in [0.05, 0.1) is 14.7 Å². The number of carbonyl (C=O) groups is 1. The van der Waals surface area contributed by atoms with Crippen molar-refractivity contribution >= 4 is 43.4 Å². The molecule has 3 aromatic rings. The van der Waals surface area contributed by atoms with Crippen molar-refractivity contribution < 1.29 is 4.79 Å². The molecule has 4 rings (SSSR count). The number of halogens is 1. The van der Waals surface area contributed by atoms with Crippen molar-refractivity contribution in [3.8, 4) is 0 Å². The normalized spacial score (nSPS) is 14.3. The van der Waals surface area contributed by atoms with E-state index in [1.807, 2.05) is 12.1 Å². The van der Waals surface area contributed by atoms with Gasteiger partial charge in [0, 0.05) is 18.0 Å². The molecule has 0 radical (unpaired) electrons. The quantitative estimate of drug-likeness (QED) is 0.689. The van der Waals surface area contributed by atoms with Crippen LogP contribution in [-0.4, -0.2) is 16.5 Å². The van der Waals surface area contributed by atoms with Gasteiger partial charge < -0.3 is 9.88 Å². The Labute approximate surface area is 147 Å². The summed E-state index contributed by atoms with van der Waals surface area (Å²) in [5.41, 5.74) is 4.35. The van der Waals surface area contributed by atoms with Crippen molar-refractivity contribution in [2.45, 2.75) is 32.4 Å². The third kappa shape index (κ3) is 2.83. The summed E-state index contributed by atoms with van der Waals surface area (Å²) in [5, 5.41) is 5.20. The van der Waals surface area contributed by atoms with Crippen molar-refractivity contribution in [2.24, 2.45) is 0 Å². The van der Waals surface area contributed by atoms with E-state index in [1.165, 1.54) is 11.1 Å². The summed E-state index contributed by atoms with van der Waals surface area (Å²) in [6.07, 6.45) is 2.20. The molecule has 0 atom stereocenters. The zero-order valence-corrected chi connectivity index (χ0v) is 15.2. The monoisotopic (exact) mass is 388 g/mol. The van der Waals surface area contributed by atoms with E-state index in [0.29, 0.717) is 12.6 Å². The minimum atomic E-state index is 0.0383. The molecule has 2 heterocycles. The maximum absolute atomic E-state index is 12.6. The Morgan fingerprint density at radius 2 is 2.17 bits per heavy atom. The van der Waals surface area contributed by atoms with Gasteiger partial charge in [-0.15, -0.1) is 11.3 Å². The molecule has 2 aromatic heterocycles. The Hall–Kier alpha value is -1.59. The third-order valence-corrected chi connectivity index (χ3v) is 6.14. The first-order chi connectivity index (χ1) is 11.1. The molecule has 0 bridgehead atoms. The smallest absolute Gasteiger partial charge is 0.268 e. The van der Waals surface area contributed by atoms with E-state index in [1.54, 1.807) is 11.3 Å². The minimum Gasteiger partial charge on any atom is -0.348 e. The lowest BCUT2D eigenvalue weighted by Crippen LogP contribution is -2.27. The molecule has 1 aliphatic carbocycles. The second-order valence-electron chi connectivity index (χ2n) is 6.09. The second-order valence-corrected chi connectivity index (χ2v) is 7.85. The highest BCUT2D eigenvalue weighted by molar-refractivity contribution is 9.10. The number of thiophene rings is 1. The standard InChI is InChI=1S/C18H17BrN2OS/c1-11-4-2-3-5-12(11)9-21-15(18(22)20-13-6-7-13)8-16-17(21)14(19)10-23-16/h2-5,8,10,13H,6-7,9H2,1H3,(H,20,22). The average Bonchev–Trinajstić information content (AvgIpc) is 3.16. The van der Waals surface area contributed by atoms with Crippen LogP contribution >= 0.6 is 27.3 Å². The number of aryl methyl sites for hydroxylation is 1. The molecule has 1 aliphatic rings. The minimum absolute atomic E-state index is 0.0383. The molecule has 1 N–H and O–H groups in total. The zero-order chi connectivity index (χ0) is 16.0. The van der Waals surface area contributed by atoms with Gasteiger partial charge in [0.15, 0.2) is 0 Å².